The van der Waals surface area contributed by atoms with Gasteiger partial charge in [-0.25, -0.2) is 13.6 Å². The average Bonchev–Trinajstić information content (AvgIpc) is 3.08. The summed E-state index contributed by atoms with van der Waals surface area (Å²) in [6.07, 6.45) is 2.30. The number of nitrogens with zero attached hydrogens (tertiary/aromatic N) is 3. The number of aromatic nitrogens is 1. The van der Waals surface area contributed by atoms with Crippen molar-refractivity contribution < 1.29 is 23.1 Å². The molecule has 29 heavy (non-hydrogen) atoms. The van der Waals surface area contributed by atoms with Crippen molar-refractivity contribution in [2.45, 2.75) is 13.0 Å². The fourth-order valence-corrected chi connectivity index (χ4v) is 2.75. The van der Waals surface area contributed by atoms with E-state index in [1.165, 1.54) is 42.4 Å². The first-order valence-electron chi connectivity index (χ1n) is 8.62. The van der Waals surface area contributed by atoms with E-state index >= 15 is 0 Å². The molecule has 2 heterocycles. The molecule has 0 aliphatic carbocycles. The highest BCUT2D eigenvalue weighted by Crippen LogP contribution is 2.26. The van der Waals surface area contributed by atoms with Crippen LogP contribution in [0.3, 0.4) is 0 Å². The van der Waals surface area contributed by atoms with Crippen LogP contribution in [0.25, 0.3) is 11.9 Å². The molecule has 0 saturated carbocycles. The number of halogens is 2. The minimum absolute atomic E-state index is 0.0315. The number of carbonyl (C=O) groups is 2. The Morgan fingerprint density at radius 1 is 1.45 bits per heavy atom. The molecule has 0 spiro atoms. The second kappa shape index (κ2) is 8.48. The van der Waals surface area contributed by atoms with E-state index < -0.39 is 23.8 Å². The normalized spacial score (nSPS) is 16.3. The number of hydrogen-bond acceptors (Lipinski definition) is 5. The second-order valence-electron chi connectivity index (χ2n) is 6.33. The molecule has 3 rings (SSSR count). The van der Waals surface area contributed by atoms with Gasteiger partial charge in [-0.05, 0) is 30.3 Å². The molecule has 0 unspecified atom stereocenters. The van der Waals surface area contributed by atoms with Gasteiger partial charge in [0.1, 0.15) is 23.8 Å². The molecule has 1 aromatic carbocycles. The maximum Gasteiger partial charge on any atom is 0.414 e. The molecule has 2 amide bonds. The van der Waals surface area contributed by atoms with Gasteiger partial charge in [0.25, 0.3) is 0 Å². The van der Waals surface area contributed by atoms with Crippen molar-refractivity contribution in [2.24, 2.45) is 0 Å². The van der Waals surface area contributed by atoms with Crippen LogP contribution in [0.4, 0.5) is 19.3 Å². The van der Waals surface area contributed by atoms with Crippen molar-refractivity contribution in [1.29, 1.82) is 5.26 Å². The standard InChI is InChI=1S/C20H16F2N4O3/c1-12(27)25-10-17-11-26(20(28)29-17)16-3-2-14(19(22)6-16)5-18(21)15-4-13(7-23)8-24-9-15/h2-6,8-9,17H,10-11H2,1H3,(H,25,27)/b18-5-/t17-/m0/s1. The third-order valence-corrected chi connectivity index (χ3v) is 4.17. The van der Waals surface area contributed by atoms with E-state index in [2.05, 4.69) is 10.3 Å². The Bertz CT molecular complexity index is 1030. The fraction of sp³-hybridized carbons (Fsp3) is 0.200. The zero-order valence-corrected chi connectivity index (χ0v) is 15.4. The lowest BCUT2D eigenvalue weighted by Crippen LogP contribution is -2.33. The van der Waals surface area contributed by atoms with Gasteiger partial charge in [0, 0.05) is 30.4 Å². The number of pyridine rings is 1. The summed E-state index contributed by atoms with van der Waals surface area (Å²) >= 11 is 0. The van der Waals surface area contributed by atoms with Crippen molar-refractivity contribution in [1.82, 2.24) is 10.3 Å². The monoisotopic (exact) mass is 398 g/mol. The average molecular weight is 398 g/mol. The lowest BCUT2D eigenvalue weighted by molar-refractivity contribution is -0.119. The lowest BCUT2D eigenvalue weighted by atomic mass is 10.1. The number of nitriles is 1. The summed E-state index contributed by atoms with van der Waals surface area (Å²) in [5.41, 5.74) is 0.458. The summed E-state index contributed by atoms with van der Waals surface area (Å²) in [5.74, 6) is -1.74. The van der Waals surface area contributed by atoms with Gasteiger partial charge in [0.2, 0.25) is 5.91 Å². The van der Waals surface area contributed by atoms with Crippen LogP contribution < -0.4 is 10.2 Å². The van der Waals surface area contributed by atoms with Gasteiger partial charge >= 0.3 is 6.09 Å². The van der Waals surface area contributed by atoms with Gasteiger partial charge in [0.15, 0.2) is 0 Å². The Kier molecular flexibility index (Phi) is 5.83. The van der Waals surface area contributed by atoms with Gasteiger partial charge in [-0.3, -0.25) is 14.7 Å². The molecule has 1 N–H and O–H groups in total. The van der Waals surface area contributed by atoms with Gasteiger partial charge in [-0.1, -0.05) is 0 Å². The van der Waals surface area contributed by atoms with E-state index in [0.29, 0.717) is 0 Å². The number of hydrogen-bond donors (Lipinski definition) is 1. The molecule has 1 aliphatic rings. The number of amides is 2. The zero-order chi connectivity index (χ0) is 21.0. The number of ether oxygens (including phenoxy) is 1. The van der Waals surface area contributed by atoms with Crippen molar-refractivity contribution in [3.05, 3.63) is 59.2 Å². The van der Waals surface area contributed by atoms with Crippen LogP contribution in [-0.2, 0) is 9.53 Å². The third-order valence-electron chi connectivity index (χ3n) is 4.17. The minimum atomic E-state index is -0.753. The van der Waals surface area contributed by atoms with Gasteiger partial charge < -0.3 is 10.1 Å². The first kappa shape index (κ1) is 19.9. The summed E-state index contributed by atoms with van der Waals surface area (Å²) in [5, 5.41) is 11.4. The predicted molar refractivity (Wildman–Crippen MR) is 101 cm³/mol. The Morgan fingerprint density at radius 2 is 2.24 bits per heavy atom. The van der Waals surface area contributed by atoms with Crippen molar-refractivity contribution >= 4 is 29.6 Å². The quantitative estimate of drug-likeness (QED) is 0.835. The first-order chi connectivity index (χ1) is 13.9. The summed E-state index contributed by atoms with van der Waals surface area (Å²) in [7, 11) is 0. The van der Waals surface area contributed by atoms with Crippen LogP contribution in [-0.4, -0.2) is 36.2 Å². The molecule has 1 aliphatic heterocycles. The lowest BCUT2D eigenvalue weighted by Gasteiger charge is -2.14. The largest absolute Gasteiger partial charge is 0.442 e. The molecule has 0 radical (unpaired) electrons. The van der Waals surface area contributed by atoms with Gasteiger partial charge in [0.05, 0.1) is 24.3 Å². The minimum Gasteiger partial charge on any atom is -0.442 e. The Labute approximate surface area is 165 Å². The fourth-order valence-electron chi connectivity index (χ4n) is 2.75. The van der Waals surface area contributed by atoms with Gasteiger partial charge in [-0.2, -0.15) is 5.26 Å². The summed E-state index contributed by atoms with van der Waals surface area (Å²) in [6.45, 7) is 1.65. The highest BCUT2D eigenvalue weighted by Gasteiger charge is 2.32. The predicted octanol–water partition coefficient (Wildman–Crippen LogP) is 3.02. The number of benzene rings is 1. The number of carbonyl (C=O) groups excluding carboxylic acids is 2. The summed E-state index contributed by atoms with van der Waals surface area (Å²) in [4.78, 5) is 28.0. The van der Waals surface area contributed by atoms with E-state index in [1.807, 2.05) is 6.07 Å². The Morgan fingerprint density at radius 3 is 2.93 bits per heavy atom. The van der Waals surface area contributed by atoms with Crippen molar-refractivity contribution in [3.63, 3.8) is 0 Å². The van der Waals surface area contributed by atoms with E-state index in [1.54, 1.807) is 0 Å². The number of nitrogens with one attached hydrogen (secondary N) is 1. The van der Waals surface area contributed by atoms with Gasteiger partial charge in [-0.15, -0.1) is 0 Å². The molecule has 1 saturated heterocycles. The maximum absolute atomic E-state index is 14.5. The number of anilines is 1. The van der Waals surface area contributed by atoms with E-state index in [9.17, 15) is 18.4 Å². The van der Waals surface area contributed by atoms with E-state index in [4.69, 9.17) is 10.00 Å². The Balaban J connectivity index is 1.77. The molecule has 7 nitrogen and oxygen atoms in total. The van der Waals surface area contributed by atoms with Crippen LogP contribution in [0.5, 0.6) is 0 Å². The molecule has 2 aromatic rings. The molecule has 1 fully saturated rings. The molecule has 148 valence electrons. The number of rotatable bonds is 5. The van der Waals surface area contributed by atoms with Crippen LogP contribution in [0.2, 0.25) is 0 Å². The van der Waals surface area contributed by atoms with Crippen LogP contribution in [0.15, 0.2) is 36.7 Å². The molecule has 1 aromatic heterocycles. The van der Waals surface area contributed by atoms with Crippen LogP contribution in [0, 0.1) is 17.1 Å². The molecular formula is C20H16F2N4O3. The topological polar surface area (TPSA) is 95.3 Å². The van der Waals surface area contributed by atoms with Crippen molar-refractivity contribution in [2.75, 3.05) is 18.0 Å². The SMILES string of the molecule is CC(=O)NC[C@H]1CN(c2ccc(/C=C(\F)c3cncc(C#N)c3)c(F)c2)C(=O)O1. The second-order valence-corrected chi connectivity index (χ2v) is 6.33. The molecular weight excluding hydrogens is 382 g/mol. The molecule has 1 atom stereocenters. The highest BCUT2D eigenvalue weighted by molar-refractivity contribution is 5.90. The number of cyclic esters (lactones) is 1. The molecule has 0 bridgehead atoms. The van der Waals surface area contributed by atoms with Crippen LogP contribution in [0.1, 0.15) is 23.6 Å². The zero-order valence-electron chi connectivity index (χ0n) is 15.4. The highest BCUT2D eigenvalue weighted by atomic mass is 19.1. The van der Waals surface area contributed by atoms with E-state index in [0.717, 1.165) is 12.1 Å². The maximum atomic E-state index is 14.5. The third kappa shape index (κ3) is 4.73. The first-order valence-corrected chi connectivity index (χ1v) is 8.62. The molecule has 9 heteroatoms. The van der Waals surface area contributed by atoms with E-state index in [-0.39, 0.29) is 41.4 Å². The smallest absolute Gasteiger partial charge is 0.414 e. The Hall–Kier alpha value is -3.80. The summed E-state index contributed by atoms with van der Waals surface area (Å²) in [6, 6.07) is 7.06. The summed E-state index contributed by atoms with van der Waals surface area (Å²) < 4.78 is 34.0. The van der Waals surface area contributed by atoms with Crippen molar-refractivity contribution in [3.8, 4) is 6.07 Å². The van der Waals surface area contributed by atoms with Crippen LogP contribution >= 0.6 is 0 Å².